The first-order valence-electron chi connectivity index (χ1n) is 6.82. The van der Waals surface area contributed by atoms with Gasteiger partial charge in [0.1, 0.15) is 0 Å². The van der Waals surface area contributed by atoms with Crippen LogP contribution in [0.15, 0.2) is 48.8 Å². The standard InChI is InChI=1S/C16H17N3O/c17-14-6-1-4-12(10-14)16(20)19-9-3-7-15(19)13-5-2-8-18-11-13/h1-2,4-6,8,10-11,15H,3,7,9,17H2. The molecule has 3 rings (SSSR count). The third-order valence-corrected chi connectivity index (χ3v) is 3.72. The largest absolute Gasteiger partial charge is 0.399 e. The molecule has 0 aliphatic carbocycles. The van der Waals surface area contributed by atoms with E-state index in [0.717, 1.165) is 24.9 Å². The molecule has 1 aromatic carbocycles. The topological polar surface area (TPSA) is 59.2 Å². The van der Waals surface area contributed by atoms with E-state index in [4.69, 9.17) is 5.73 Å². The number of benzene rings is 1. The minimum absolute atomic E-state index is 0.0450. The van der Waals surface area contributed by atoms with Gasteiger partial charge < -0.3 is 10.6 Å². The number of anilines is 1. The summed E-state index contributed by atoms with van der Waals surface area (Å²) in [6.07, 6.45) is 5.60. The Bertz CT molecular complexity index is 612. The Morgan fingerprint density at radius 3 is 2.95 bits per heavy atom. The van der Waals surface area contributed by atoms with Gasteiger partial charge in [0.15, 0.2) is 0 Å². The number of carbonyl (C=O) groups excluding carboxylic acids is 1. The van der Waals surface area contributed by atoms with Gasteiger partial charge in [-0.15, -0.1) is 0 Å². The maximum absolute atomic E-state index is 12.6. The number of pyridine rings is 1. The van der Waals surface area contributed by atoms with Gasteiger partial charge in [-0.1, -0.05) is 12.1 Å². The summed E-state index contributed by atoms with van der Waals surface area (Å²) in [4.78, 5) is 18.7. The molecule has 2 aromatic rings. The van der Waals surface area contributed by atoms with E-state index in [1.54, 1.807) is 18.3 Å². The second-order valence-corrected chi connectivity index (χ2v) is 5.07. The normalized spacial score (nSPS) is 18.2. The van der Waals surface area contributed by atoms with Crippen LogP contribution in [0, 0.1) is 0 Å². The molecule has 4 heteroatoms. The van der Waals surface area contributed by atoms with Crippen LogP contribution in [0.4, 0.5) is 5.69 Å². The predicted molar refractivity (Wildman–Crippen MR) is 78.1 cm³/mol. The second-order valence-electron chi connectivity index (χ2n) is 5.07. The van der Waals surface area contributed by atoms with Gasteiger partial charge >= 0.3 is 0 Å². The lowest BCUT2D eigenvalue weighted by Gasteiger charge is -2.25. The van der Waals surface area contributed by atoms with E-state index in [1.807, 2.05) is 35.4 Å². The smallest absolute Gasteiger partial charge is 0.254 e. The highest BCUT2D eigenvalue weighted by Gasteiger charge is 2.30. The number of nitrogen functional groups attached to an aromatic ring is 1. The summed E-state index contributed by atoms with van der Waals surface area (Å²) in [6, 6.07) is 11.2. The molecule has 2 N–H and O–H groups in total. The van der Waals surface area contributed by atoms with E-state index in [1.165, 1.54) is 0 Å². The summed E-state index contributed by atoms with van der Waals surface area (Å²) in [7, 11) is 0. The lowest BCUT2D eigenvalue weighted by Crippen LogP contribution is -2.30. The minimum Gasteiger partial charge on any atom is -0.399 e. The van der Waals surface area contributed by atoms with Crippen molar-refractivity contribution >= 4 is 11.6 Å². The molecule has 1 aliphatic heterocycles. The molecule has 1 unspecified atom stereocenters. The van der Waals surface area contributed by atoms with Gasteiger partial charge in [0.05, 0.1) is 6.04 Å². The number of amides is 1. The molecule has 1 atom stereocenters. The first-order chi connectivity index (χ1) is 9.75. The van der Waals surface area contributed by atoms with E-state index < -0.39 is 0 Å². The van der Waals surface area contributed by atoms with Crippen LogP contribution in [0.3, 0.4) is 0 Å². The molecule has 1 amide bonds. The van der Waals surface area contributed by atoms with Gasteiger partial charge in [-0.3, -0.25) is 9.78 Å². The number of carbonyl (C=O) groups is 1. The second kappa shape index (κ2) is 5.33. The number of aromatic nitrogens is 1. The van der Waals surface area contributed by atoms with Crippen LogP contribution in [-0.2, 0) is 0 Å². The van der Waals surface area contributed by atoms with Gasteiger partial charge in [-0.05, 0) is 42.7 Å². The summed E-state index contributed by atoms with van der Waals surface area (Å²) >= 11 is 0. The van der Waals surface area contributed by atoms with Crippen LogP contribution in [0.1, 0.15) is 34.8 Å². The Morgan fingerprint density at radius 1 is 1.30 bits per heavy atom. The van der Waals surface area contributed by atoms with Crippen molar-refractivity contribution in [2.75, 3.05) is 12.3 Å². The molecule has 1 fully saturated rings. The fourth-order valence-electron chi connectivity index (χ4n) is 2.77. The average molecular weight is 267 g/mol. The monoisotopic (exact) mass is 267 g/mol. The zero-order valence-electron chi connectivity index (χ0n) is 11.2. The van der Waals surface area contributed by atoms with E-state index in [-0.39, 0.29) is 11.9 Å². The number of likely N-dealkylation sites (tertiary alicyclic amines) is 1. The number of hydrogen-bond donors (Lipinski definition) is 1. The Hall–Kier alpha value is -2.36. The molecule has 1 aromatic heterocycles. The van der Waals surface area contributed by atoms with Crippen molar-refractivity contribution in [3.8, 4) is 0 Å². The fourth-order valence-corrected chi connectivity index (χ4v) is 2.77. The summed E-state index contributed by atoms with van der Waals surface area (Å²) < 4.78 is 0. The zero-order valence-corrected chi connectivity index (χ0v) is 11.2. The van der Waals surface area contributed by atoms with E-state index in [2.05, 4.69) is 4.98 Å². The summed E-state index contributed by atoms with van der Waals surface area (Å²) in [5.41, 5.74) is 8.13. The van der Waals surface area contributed by atoms with Crippen molar-refractivity contribution in [1.82, 2.24) is 9.88 Å². The lowest BCUT2D eigenvalue weighted by atomic mass is 10.1. The molecule has 1 saturated heterocycles. The van der Waals surface area contributed by atoms with Crippen molar-refractivity contribution in [2.45, 2.75) is 18.9 Å². The Balaban J connectivity index is 1.87. The molecular formula is C16H17N3O. The minimum atomic E-state index is 0.0450. The first kappa shape index (κ1) is 12.7. The number of rotatable bonds is 2. The van der Waals surface area contributed by atoms with Gasteiger partial charge in [-0.2, -0.15) is 0 Å². The Labute approximate surface area is 118 Å². The van der Waals surface area contributed by atoms with E-state index >= 15 is 0 Å². The molecule has 20 heavy (non-hydrogen) atoms. The van der Waals surface area contributed by atoms with Crippen molar-refractivity contribution in [2.24, 2.45) is 0 Å². The van der Waals surface area contributed by atoms with Gasteiger partial charge in [0.25, 0.3) is 5.91 Å². The molecule has 2 heterocycles. The molecule has 4 nitrogen and oxygen atoms in total. The lowest BCUT2D eigenvalue weighted by molar-refractivity contribution is 0.0735. The third-order valence-electron chi connectivity index (χ3n) is 3.72. The molecule has 0 spiro atoms. The van der Waals surface area contributed by atoms with Gasteiger partial charge in [0.2, 0.25) is 0 Å². The maximum atomic E-state index is 12.6. The molecule has 0 saturated carbocycles. The number of hydrogen-bond acceptors (Lipinski definition) is 3. The highest BCUT2D eigenvalue weighted by molar-refractivity contribution is 5.95. The van der Waals surface area contributed by atoms with Crippen molar-refractivity contribution in [1.29, 1.82) is 0 Å². The molecule has 1 aliphatic rings. The average Bonchev–Trinajstić information content (AvgIpc) is 2.97. The fraction of sp³-hybridized carbons (Fsp3) is 0.250. The molecule has 0 bridgehead atoms. The number of nitrogens with two attached hydrogens (primary N) is 1. The first-order valence-corrected chi connectivity index (χ1v) is 6.82. The summed E-state index contributed by atoms with van der Waals surface area (Å²) in [5.74, 6) is 0.0450. The van der Waals surface area contributed by atoms with E-state index in [0.29, 0.717) is 11.3 Å². The molecule has 102 valence electrons. The predicted octanol–water partition coefficient (Wildman–Crippen LogP) is 2.64. The van der Waals surface area contributed by atoms with Crippen molar-refractivity contribution in [3.05, 3.63) is 59.9 Å². The van der Waals surface area contributed by atoms with Crippen LogP contribution >= 0.6 is 0 Å². The Morgan fingerprint density at radius 2 is 2.20 bits per heavy atom. The van der Waals surface area contributed by atoms with Crippen LogP contribution in [-0.4, -0.2) is 22.3 Å². The van der Waals surface area contributed by atoms with Crippen LogP contribution in [0.2, 0.25) is 0 Å². The van der Waals surface area contributed by atoms with Crippen molar-refractivity contribution in [3.63, 3.8) is 0 Å². The number of nitrogens with zero attached hydrogens (tertiary/aromatic N) is 2. The van der Waals surface area contributed by atoms with Gasteiger partial charge in [-0.25, -0.2) is 0 Å². The maximum Gasteiger partial charge on any atom is 0.254 e. The van der Waals surface area contributed by atoms with Gasteiger partial charge in [0, 0.05) is 30.2 Å². The summed E-state index contributed by atoms with van der Waals surface area (Å²) in [5, 5.41) is 0. The SMILES string of the molecule is Nc1cccc(C(=O)N2CCCC2c2cccnc2)c1. The highest BCUT2D eigenvalue weighted by Crippen LogP contribution is 2.32. The third kappa shape index (κ3) is 2.37. The molecule has 0 radical (unpaired) electrons. The quantitative estimate of drug-likeness (QED) is 0.851. The van der Waals surface area contributed by atoms with E-state index in [9.17, 15) is 4.79 Å². The summed E-state index contributed by atoms with van der Waals surface area (Å²) in [6.45, 7) is 0.785. The highest BCUT2D eigenvalue weighted by atomic mass is 16.2. The van der Waals surface area contributed by atoms with Crippen LogP contribution in [0.5, 0.6) is 0 Å². The van der Waals surface area contributed by atoms with Crippen molar-refractivity contribution < 1.29 is 4.79 Å². The zero-order chi connectivity index (χ0) is 13.9. The van der Waals surface area contributed by atoms with Crippen LogP contribution < -0.4 is 5.73 Å². The molecular weight excluding hydrogens is 250 g/mol. The van der Waals surface area contributed by atoms with Crippen LogP contribution in [0.25, 0.3) is 0 Å². The Kier molecular flexibility index (Phi) is 3.37.